The van der Waals surface area contributed by atoms with Crippen LogP contribution < -0.4 is 0 Å². The summed E-state index contributed by atoms with van der Waals surface area (Å²) in [5.74, 6) is -0.365. The summed E-state index contributed by atoms with van der Waals surface area (Å²) in [6.07, 6.45) is 0. The molecule has 0 aliphatic heterocycles. The molecule has 0 amide bonds. The number of hydrogen-bond donors (Lipinski definition) is 0. The molecule has 2 aromatic rings. The van der Waals surface area contributed by atoms with Gasteiger partial charge in [-0.15, -0.1) is 0 Å². The van der Waals surface area contributed by atoms with Gasteiger partial charge in [0.1, 0.15) is 5.82 Å². The molecule has 0 bridgehead atoms. The minimum atomic E-state index is -0.374. The van der Waals surface area contributed by atoms with E-state index >= 15 is 0 Å². The lowest BCUT2D eigenvalue weighted by atomic mass is 10.0. The molecule has 18 heavy (non-hydrogen) atoms. The maximum atomic E-state index is 13.8. The molecule has 0 aromatic heterocycles. The quantitative estimate of drug-likeness (QED) is 0.548. The summed E-state index contributed by atoms with van der Waals surface area (Å²) in [7, 11) is 0. The van der Waals surface area contributed by atoms with Gasteiger partial charge in [-0.3, -0.25) is 0 Å². The van der Waals surface area contributed by atoms with E-state index in [1.165, 1.54) is 6.07 Å². The van der Waals surface area contributed by atoms with Crippen LogP contribution >= 0.6 is 50.7 Å². The summed E-state index contributed by atoms with van der Waals surface area (Å²) in [6, 6.07) is 9.71. The molecule has 0 fully saturated rings. The molecule has 2 rings (SSSR count). The van der Waals surface area contributed by atoms with E-state index in [1.54, 1.807) is 30.3 Å². The summed E-state index contributed by atoms with van der Waals surface area (Å²) in [6.45, 7) is 0. The Morgan fingerprint density at radius 3 is 2.28 bits per heavy atom. The largest absolute Gasteiger partial charge is 0.207 e. The zero-order valence-corrected chi connectivity index (χ0v) is 12.8. The zero-order valence-electron chi connectivity index (χ0n) is 8.93. The summed E-state index contributed by atoms with van der Waals surface area (Å²) >= 11 is 21.2. The molecule has 0 spiro atoms. The third-order valence-electron chi connectivity index (χ3n) is 2.49. The molecule has 0 N–H and O–H groups in total. The second kappa shape index (κ2) is 5.79. The van der Waals surface area contributed by atoms with E-state index in [-0.39, 0.29) is 10.6 Å². The van der Waals surface area contributed by atoms with Crippen LogP contribution in [0.25, 0.3) is 0 Å². The number of benzene rings is 2. The van der Waals surface area contributed by atoms with Crippen molar-refractivity contribution in [2.45, 2.75) is 4.83 Å². The van der Waals surface area contributed by atoms with E-state index in [1.807, 2.05) is 0 Å². The van der Waals surface area contributed by atoms with Gasteiger partial charge in [-0.25, -0.2) is 4.39 Å². The fourth-order valence-electron chi connectivity index (χ4n) is 1.59. The van der Waals surface area contributed by atoms with Gasteiger partial charge < -0.3 is 0 Å². The van der Waals surface area contributed by atoms with Gasteiger partial charge in [0.2, 0.25) is 0 Å². The molecule has 0 nitrogen and oxygen atoms in total. The third kappa shape index (κ3) is 2.83. The topological polar surface area (TPSA) is 0 Å². The van der Waals surface area contributed by atoms with Crippen molar-refractivity contribution in [1.82, 2.24) is 0 Å². The first-order valence-electron chi connectivity index (χ1n) is 5.03. The molecule has 0 saturated carbocycles. The highest BCUT2D eigenvalue weighted by Crippen LogP contribution is 2.38. The lowest BCUT2D eigenvalue weighted by Crippen LogP contribution is -1.97. The Balaban J connectivity index is 2.48. The van der Waals surface area contributed by atoms with Gasteiger partial charge in [-0.2, -0.15) is 0 Å². The Morgan fingerprint density at radius 1 is 0.944 bits per heavy atom. The van der Waals surface area contributed by atoms with Crippen LogP contribution in [0.1, 0.15) is 16.0 Å². The molecule has 0 aliphatic carbocycles. The Morgan fingerprint density at radius 2 is 1.67 bits per heavy atom. The van der Waals surface area contributed by atoms with Crippen molar-refractivity contribution in [3.05, 3.63) is 68.4 Å². The Kier molecular flexibility index (Phi) is 4.54. The lowest BCUT2D eigenvalue weighted by molar-refractivity contribution is 0.613. The highest BCUT2D eigenvalue weighted by Gasteiger charge is 2.18. The van der Waals surface area contributed by atoms with E-state index < -0.39 is 0 Å². The standard InChI is InChI=1S/C13H7BrCl3F/c14-13(7-4-5-8(15)10(17)6-7)12-9(16)2-1-3-11(12)18/h1-6,13H. The number of rotatable bonds is 2. The summed E-state index contributed by atoms with van der Waals surface area (Å²) in [4.78, 5) is -0.374. The minimum absolute atomic E-state index is 0.364. The molecule has 1 atom stereocenters. The zero-order chi connectivity index (χ0) is 13.3. The number of alkyl halides is 1. The minimum Gasteiger partial charge on any atom is -0.207 e. The normalized spacial score (nSPS) is 12.5. The van der Waals surface area contributed by atoms with E-state index in [0.29, 0.717) is 20.6 Å². The number of halogens is 5. The first-order chi connectivity index (χ1) is 8.50. The SMILES string of the molecule is Fc1cccc(Cl)c1C(Br)c1ccc(Cl)c(Cl)c1. The summed E-state index contributed by atoms with van der Waals surface area (Å²) in [5.41, 5.74) is 1.17. The molecule has 1 unspecified atom stereocenters. The van der Waals surface area contributed by atoms with Gasteiger partial charge in [0.15, 0.2) is 0 Å². The van der Waals surface area contributed by atoms with Crippen molar-refractivity contribution >= 4 is 50.7 Å². The highest BCUT2D eigenvalue weighted by atomic mass is 79.9. The predicted molar refractivity (Wildman–Crippen MR) is 78.6 cm³/mol. The van der Waals surface area contributed by atoms with E-state index in [9.17, 15) is 4.39 Å². The smallest absolute Gasteiger partial charge is 0.129 e. The monoisotopic (exact) mass is 366 g/mol. The molecular weight excluding hydrogens is 361 g/mol. The molecule has 0 radical (unpaired) electrons. The number of hydrogen-bond acceptors (Lipinski definition) is 0. The highest BCUT2D eigenvalue weighted by molar-refractivity contribution is 9.09. The fourth-order valence-corrected chi connectivity index (χ4v) is 3.05. The van der Waals surface area contributed by atoms with Gasteiger partial charge in [0.25, 0.3) is 0 Å². The molecule has 0 saturated heterocycles. The Hall–Kier alpha value is -0.280. The average molecular weight is 368 g/mol. The molecule has 0 heterocycles. The van der Waals surface area contributed by atoms with Crippen LogP contribution in [0.4, 0.5) is 4.39 Å². The van der Waals surface area contributed by atoms with Crippen LogP contribution in [0.15, 0.2) is 36.4 Å². The van der Waals surface area contributed by atoms with Gasteiger partial charge in [0.05, 0.1) is 14.9 Å². The van der Waals surface area contributed by atoms with Crippen molar-refractivity contribution in [2.24, 2.45) is 0 Å². The average Bonchev–Trinajstić information content (AvgIpc) is 2.32. The summed E-state index contributed by atoms with van der Waals surface area (Å²) in [5, 5.41) is 1.24. The van der Waals surface area contributed by atoms with Crippen LogP contribution in [-0.4, -0.2) is 0 Å². The van der Waals surface area contributed by atoms with Crippen molar-refractivity contribution in [2.75, 3.05) is 0 Å². The molecule has 0 aliphatic rings. The third-order valence-corrected chi connectivity index (χ3v) is 4.54. The van der Waals surface area contributed by atoms with Crippen LogP contribution in [0.2, 0.25) is 15.1 Å². The van der Waals surface area contributed by atoms with Crippen LogP contribution in [0.5, 0.6) is 0 Å². The lowest BCUT2D eigenvalue weighted by Gasteiger charge is -2.14. The molecule has 94 valence electrons. The first-order valence-corrected chi connectivity index (χ1v) is 7.08. The van der Waals surface area contributed by atoms with Crippen molar-refractivity contribution < 1.29 is 4.39 Å². The van der Waals surface area contributed by atoms with Gasteiger partial charge >= 0.3 is 0 Å². The van der Waals surface area contributed by atoms with Crippen LogP contribution in [0, 0.1) is 5.82 Å². The van der Waals surface area contributed by atoms with E-state index in [2.05, 4.69) is 15.9 Å². The summed E-state index contributed by atoms with van der Waals surface area (Å²) < 4.78 is 13.8. The second-order valence-electron chi connectivity index (χ2n) is 3.67. The van der Waals surface area contributed by atoms with Crippen molar-refractivity contribution in [3.8, 4) is 0 Å². The predicted octanol–water partition coefficient (Wildman–Crippen LogP) is 6.27. The Labute approximate surface area is 128 Å². The fraction of sp³-hybridized carbons (Fsp3) is 0.0769. The van der Waals surface area contributed by atoms with Crippen molar-refractivity contribution in [1.29, 1.82) is 0 Å². The molecule has 2 aromatic carbocycles. The van der Waals surface area contributed by atoms with Crippen molar-refractivity contribution in [3.63, 3.8) is 0 Å². The van der Waals surface area contributed by atoms with Crippen LogP contribution in [-0.2, 0) is 0 Å². The molecular formula is C13H7BrCl3F. The maximum Gasteiger partial charge on any atom is 0.129 e. The molecule has 5 heteroatoms. The second-order valence-corrected chi connectivity index (χ2v) is 5.81. The Bertz CT molecular complexity index is 566. The maximum absolute atomic E-state index is 13.8. The van der Waals surface area contributed by atoms with Gasteiger partial charge in [0, 0.05) is 10.6 Å². The first kappa shape index (κ1) is 14.1. The van der Waals surface area contributed by atoms with E-state index in [0.717, 1.165) is 5.56 Å². The van der Waals surface area contributed by atoms with Gasteiger partial charge in [-0.1, -0.05) is 62.9 Å². The van der Waals surface area contributed by atoms with Crippen LogP contribution in [0.3, 0.4) is 0 Å². The van der Waals surface area contributed by atoms with E-state index in [4.69, 9.17) is 34.8 Å². The van der Waals surface area contributed by atoms with Gasteiger partial charge in [-0.05, 0) is 29.8 Å².